The molecule has 0 saturated heterocycles. The van der Waals surface area contributed by atoms with Crippen LogP contribution in [0, 0.1) is 0 Å². The highest BCUT2D eigenvalue weighted by atomic mass is 35.5. The lowest BCUT2D eigenvalue weighted by molar-refractivity contribution is 0.315. The summed E-state index contributed by atoms with van der Waals surface area (Å²) in [6.07, 6.45) is 0. The molecule has 0 aliphatic heterocycles. The van der Waals surface area contributed by atoms with Crippen molar-refractivity contribution in [3.05, 3.63) is 47.5 Å². The Balaban J connectivity index is 1.76. The molecule has 21 heavy (non-hydrogen) atoms. The van der Waals surface area contributed by atoms with Crippen molar-refractivity contribution in [1.29, 1.82) is 0 Å². The standard InChI is InChI=1S/C14H7ClN4O2/c15-10-3-1-2-9(6-10)14-16-13(19-20-14)8-4-5-11-12(7-8)18-21-17-11/h1-7H. The van der Waals surface area contributed by atoms with E-state index in [4.69, 9.17) is 16.1 Å². The normalized spacial score (nSPS) is 11.1. The van der Waals surface area contributed by atoms with Gasteiger partial charge in [-0.1, -0.05) is 22.8 Å². The molecule has 0 fully saturated rings. The zero-order valence-corrected chi connectivity index (χ0v) is 11.3. The third-order valence-electron chi connectivity index (χ3n) is 3.01. The van der Waals surface area contributed by atoms with E-state index >= 15 is 0 Å². The van der Waals surface area contributed by atoms with Crippen LogP contribution in [-0.4, -0.2) is 20.5 Å². The molecule has 0 aliphatic rings. The number of rotatable bonds is 2. The summed E-state index contributed by atoms with van der Waals surface area (Å²) in [6, 6.07) is 12.6. The summed E-state index contributed by atoms with van der Waals surface area (Å²) in [5.41, 5.74) is 2.86. The van der Waals surface area contributed by atoms with Crippen LogP contribution in [0.3, 0.4) is 0 Å². The maximum atomic E-state index is 5.96. The first-order valence-electron chi connectivity index (χ1n) is 6.12. The van der Waals surface area contributed by atoms with Crippen LogP contribution in [0.1, 0.15) is 0 Å². The number of halogens is 1. The minimum absolute atomic E-state index is 0.408. The van der Waals surface area contributed by atoms with Gasteiger partial charge in [-0.2, -0.15) is 4.98 Å². The molecule has 6 nitrogen and oxygen atoms in total. The van der Waals surface area contributed by atoms with E-state index in [1.807, 2.05) is 18.2 Å². The Hall–Kier alpha value is -2.73. The minimum Gasteiger partial charge on any atom is -0.334 e. The fourth-order valence-electron chi connectivity index (χ4n) is 2.00. The first-order valence-corrected chi connectivity index (χ1v) is 6.50. The van der Waals surface area contributed by atoms with Gasteiger partial charge in [0.05, 0.1) is 0 Å². The van der Waals surface area contributed by atoms with E-state index in [1.165, 1.54) is 0 Å². The molecule has 4 aromatic rings. The predicted octanol–water partition coefficient (Wildman–Crippen LogP) is 3.59. The first kappa shape index (κ1) is 12.0. The van der Waals surface area contributed by atoms with Gasteiger partial charge >= 0.3 is 0 Å². The van der Waals surface area contributed by atoms with E-state index in [0.717, 1.165) is 11.1 Å². The number of hydrogen-bond acceptors (Lipinski definition) is 6. The van der Waals surface area contributed by atoms with E-state index in [0.29, 0.717) is 27.8 Å². The summed E-state index contributed by atoms with van der Waals surface area (Å²) < 4.78 is 9.94. The van der Waals surface area contributed by atoms with Crippen molar-refractivity contribution in [1.82, 2.24) is 20.5 Å². The fourth-order valence-corrected chi connectivity index (χ4v) is 2.19. The predicted molar refractivity (Wildman–Crippen MR) is 75.5 cm³/mol. The van der Waals surface area contributed by atoms with Crippen molar-refractivity contribution in [3.63, 3.8) is 0 Å². The zero-order chi connectivity index (χ0) is 14.2. The molecule has 0 unspecified atom stereocenters. The van der Waals surface area contributed by atoms with Crippen LogP contribution < -0.4 is 0 Å². The van der Waals surface area contributed by atoms with Crippen LogP contribution in [0.2, 0.25) is 5.02 Å². The Bertz CT molecular complexity index is 931. The van der Waals surface area contributed by atoms with Crippen molar-refractivity contribution in [2.45, 2.75) is 0 Å². The zero-order valence-electron chi connectivity index (χ0n) is 10.5. The average Bonchev–Trinajstić information content (AvgIpc) is 3.15. The van der Waals surface area contributed by atoms with Gasteiger partial charge in [-0.25, -0.2) is 4.63 Å². The number of fused-ring (bicyclic) bond motifs is 1. The highest BCUT2D eigenvalue weighted by molar-refractivity contribution is 6.30. The summed E-state index contributed by atoms with van der Waals surface area (Å²) in [5, 5.41) is 12.1. The van der Waals surface area contributed by atoms with E-state index in [2.05, 4.69) is 25.1 Å². The summed E-state index contributed by atoms with van der Waals surface area (Å²) >= 11 is 5.96. The SMILES string of the molecule is Clc1cccc(-c2nc(-c3ccc4nonc4c3)no2)c1. The van der Waals surface area contributed by atoms with E-state index in [9.17, 15) is 0 Å². The van der Waals surface area contributed by atoms with Crippen LogP contribution in [0.4, 0.5) is 0 Å². The molecule has 0 bridgehead atoms. The summed E-state index contributed by atoms with van der Waals surface area (Å²) in [7, 11) is 0. The molecule has 0 amide bonds. The van der Waals surface area contributed by atoms with Crippen molar-refractivity contribution in [2.24, 2.45) is 0 Å². The van der Waals surface area contributed by atoms with Gasteiger partial charge in [0.2, 0.25) is 5.82 Å². The molecule has 0 saturated carbocycles. The Kier molecular flexibility index (Phi) is 2.68. The summed E-state index contributed by atoms with van der Waals surface area (Å²) in [5.74, 6) is 0.876. The van der Waals surface area contributed by atoms with Gasteiger partial charge in [-0.15, -0.1) is 0 Å². The highest BCUT2D eigenvalue weighted by Crippen LogP contribution is 2.25. The van der Waals surface area contributed by atoms with Crippen LogP contribution in [0.25, 0.3) is 33.9 Å². The second kappa shape index (κ2) is 4.68. The smallest absolute Gasteiger partial charge is 0.258 e. The monoisotopic (exact) mass is 298 g/mol. The molecule has 7 heteroatoms. The van der Waals surface area contributed by atoms with Gasteiger partial charge in [-0.05, 0) is 46.7 Å². The number of aromatic nitrogens is 4. The van der Waals surface area contributed by atoms with Crippen molar-refractivity contribution >= 4 is 22.6 Å². The molecule has 0 atom stereocenters. The maximum Gasteiger partial charge on any atom is 0.258 e. The third-order valence-corrected chi connectivity index (χ3v) is 3.24. The van der Waals surface area contributed by atoms with Gasteiger partial charge in [-0.3, -0.25) is 0 Å². The second-order valence-electron chi connectivity index (χ2n) is 4.40. The molecule has 2 aromatic heterocycles. The number of hydrogen-bond donors (Lipinski definition) is 0. The average molecular weight is 299 g/mol. The molecule has 0 radical (unpaired) electrons. The Morgan fingerprint density at radius 1 is 0.857 bits per heavy atom. The van der Waals surface area contributed by atoms with E-state index in [1.54, 1.807) is 24.3 Å². The van der Waals surface area contributed by atoms with E-state index < -0.39 is 0 Å². The molecule has 0 aliphatic carbocycles. The summed E-state index contributed by atoms with van der Waals surface area (Å²) in [4.78, 5) is 4.37. The first-order chi connectivity index (χ1) is 10.3. The molecule has 2 aromatic carbocycles. The van der Waals surface area contributed by atoms with Gasteiger partial charge in [0.25, 0.3) is 5.89 Å². The van der Waals surface area contributed by atoms with Crippen LogP contribution in [-0.2, 0) is 0 Å². The fraction of sp³-hybridized carbons (Fsp3) is 0. The molecule has 0 N–H and O–H groups in total. The lowest BCUT2D eigenvalue weighted by atomic mass is 10.2. The quantitative estimate of drug-likeness (QED) is 0.562. The maximum absolute atomic E-state index is 5.96. The molecule has 0 spiro atoms. The lowest BCUT2D eigenvalue weighted by Crippen LogP contribution is -1.82. The number of benzene rings is 2. The Morgan fingerprint density at radius 3 is 2.67 bits per heavy atom. The second-order valence-corrected chi connectivity index (χ2v) is 4.84. The molecular formula is C14H7ClN4O2. The van der Waals surface area contributed by atoms with Gasteiger partial charge in [0.1, 0.15) is 11.0 Å². The molecule has 2 heterocycles. The lowest BCUT2D eigenvalue weighted by Gasteiger charge is -1.94. The van der Waals surface area contributed by atoms with Crippen molar-refractivity contribution < 1.29 is 9.15 Å². The van der Waals surface area contributed by atoms with Crippen LogP contribution in [0.5, 0.6) is 0 Å². The molecule has 102 valence electrons. The largest absolute Gasteiger partial charge is 0.334 e. The number of nitrogens with zero attached hydrogens (tertiary/aromatic N) is 4. The van der Waals surface area contributed by atoms with Crippen molar-refractivity contribution in [2.75, 3.05) is 0 Å². The van der Waals surface area contributed by atoms with Gasteiger partial charge in [0, 0.05) is 16.1 Å². The third kappa shape index (κ3) is 2.15. The highest BCUT2D eigenvalue weighted by Gasteiger charge is 2.12. The topological polar surface area (TPSA) is 77.8 Å². The summed E-state index contributed by atoms with van der Waals surface area (Å²) in [6.45, 7) is 0. The van der Waals surface area contributed by atoms with Crippen molar-refractivity contribution in [3.8, 4) is 22.8 Å². The van der Waals surface area contributed by atoms with Gasteiger partial charge < -0.3 is 4.52 Å². The Labute approximate surface area is 123 Å². The molecular weight excluding hydrogens is 292 g/mol. The molecule has 4 rings (SSSR count). The van der Waals surface area contributed by atoms with Gasteiger partial charge in [0.15, 0.2) is 0 Å². The van der Waals surface area contributed by atoms with E-state index in [-0.39, 0.29) is 0 Å². The Morgan fingerprint density at radius 2 is 1.76 bits per heavy atom. The van der Waals surface area contributed by atoms with Crippen LogP contribution in [0.15, 0.2) is 51.6 Å². The minimum atomic E-state index is 0.408. The van der Waals surface area contributed by atoms with Crippen LogP contribution >= 0.6 is 11.6 Å².